The Bertz CT molecular complexity index is 685. The van der Waals surface area contributed by atoms with Gasteiger partial charge in [-0.05, 0) is 28.3 Å². The standard InChI is InChI=1S/C22H29NO2Si/c1-22(2,3)26(19-12-6-4-7-13-19,20-14-8-5-9-15-20)25-17-18-11-10-16-21(24)23-18/h4-9,12-15,18H,10-11,16-17H2,1-3H3,(H,23,24). The molecule has 0 radical (unpaired) electrons. The summed E-state index contributed by atoms with van der Waals surface area (Å²) in [5.41, 5.74) is 0. The van der Waals surface area contributed by atoms with Crippen LogP contribution >= 0.6 is 0 Å². The summed E-state index contributed by atoms with van der Waals surface area (Å²) in [4.78, 5) is 11.8. The maximum absolute atomic E-state index is 11.8. The van der Waals surface area contributed by atoms with Crippen LogP contribution in [-0.2, 0) is 9.22 Å². The highest BCUT2D eigenvalue weighted by Crippen LogP contribution is 2.36. The number of carbonyl (C=O) groups excluding carboxylic acids is 1. The molecule has 138 valence electrons. The van der Waals surface area contributed by atoms with Gasteiger partial charge in [0, 0.05) is 6.42 Å². The first kappa shape index (κ1) is 18.9. The molecule has 1 saturated heterocycles. The summed E-state index contributed by atoms with van der Waals surface area (Å²) in [6.45, 7) is 7.40. The van der Waals surface area contributed by atoms with Gasteiger partial charge in [0.05, 0.1) is 12.6 Å². The maximum Gasteiger partial charge on any atom is 0.261 e. The van der Waals surface area contributed by atoms with E-state index < -0.39 is 8.32 Å². The van der Waals surface area contributed by atoms with E-state index in [1.54, 1.807) is 0 Å². The van der Waals surface area contributed by atoms with Gasteiger partial charge >= 0.3 is 0 Å². The summed E-state index contributed by atoms with van der Waals surface area (Å²) in [6, 6.07) is 21.4. The summed E-state index contributed by atoms with van der Waals surface area (Å²) >= 11 is 0. The normalized spacial score (nSPS) is 18.4. The highest BCUT2D eigenvalue weighted by molar-refractivity contribution is 6.99. The van der Waals surface area contributed by atoms with E-state index in [-0.39, 0.29) is 17.0 Å². The predicted molar refractivity (Wildman–Crippen MR) is 109 cm³/mol. The number of carbonyl (C=O) groups is 1. The number of rotatable bonds is 5. The lowest BCUT2D eigenvalue weighted by Gasteiger charge is -2.44. The molecule has 0 saturated carbocycles. The van der Waals surface area contributed by atoms with Crippen LogP contribution in [0.3, 0.4) is 0 Å². The monoisotopic (exact) mass is 367 g/mol. The first-order valence-corrected chi connectivity index (χ1v) is 11.4. The smallest absolute Gasteiger partial charge is 0.261 e. The van der Waals surface area contributed by atoms with E-state index in [1.165, 1.54) is 10.4 Å². The van der Waals surface area contributed by atoms with Crippen molar-refractivity contribution in [3.8, 4) is 0 Å². The highest BCUT2D eigenvalue weighted by atomic mass is 28.4. The van der Waals surface area contributed by atoms with Crippen LogP contribution in [0.2, 0.25) is 5.04 Å². The molecule has 1 heterocycles. The number of hydrogen-bond acceptors (Lipinski definition) is 2. The third-order valence-corrected chi connectivity index (χ3v) is 10.2. The molecule has 1 aliphatic heterocycles. The van der Waals surface area contributed by atoms with Gasteiger partial charge in [-0.2, -0.15) is 0 Å². The summed E-state index contributed by atoms with van der Waals surface area (Å²) < 4.78 is 6.88. The maximum atomic E-state index is 11.8. The van der Waals surface area contributed by atoms with E-state index in [0.29, 0.717) is 13.0 Å². The fourth-order valence-corrected chi connectivity index (χ4v) is 8.60. The van der Waals surface area contributed by atoms with Crippen molar-refractivity contribution in [2.75, 3.05) is 6.61 Å². The van der Waals surface area contributed by atoms with E-state index in [0.717, 1.165) is 12.8 Å². The van der Waals surface area contributed by atoms with Gasteiger partial charge in [0.2, 0.25) is 5.91 Å². The molecule has 3 nitrogen and oxygen atoms in total. The van der Waals surface area contributed by atoms with Crippen molar-refractivity contribution in [1.29, 1.82) is 0 Å². The zero-order valence-corrected chi connectivity index (χ0v) is 17.0. The van der Waals surface area contributed by atoms with Crippen LogP contribution in [0.25, 0.3) is 0 Å². The molecule has 0 spiro atoms. The molecule has 0 aromatic heterocycles. The molecular formula is C22H29NO2Si. The van der Waals surface area contributed by atoms with Crippen molar-refractivity contribution in [1.82, 2.24) is 5.32 Å². The lowest BCUT2D eigenvalue weighted by Crippen LogP contribution is -2.67. The van der Waals surface area contributed by atoms with Gasteiger partial charge in [0.15, 0.2) is 0 Å². The molecule has 1 amide bonds. The Morgan fingerprint density at radius 1 is 1.00 bits per heavy atom. The van der Waals surface area contributed by atoms with Crippen molar-refractivity contribution in [2.45, 2.75) is 51.1 Å². The Balaban J connectivity index is 2.01. The summed E-state index contributed by atoms with van der Waals surface area (Å²) in [5, 5.41) is 5.63. The van der Waals surface area contributed by atoms with E-state index in [4.69, 9.17) is 4.43 Å². The van der Waals surface area contributed by atoms with Crippen LogP contribution in [0.5, 0.6) is 0 Å². The zero-order chi connectivity index (χ0) is 18.6. The van der Waals surface area contributed by atoms with E-state index in [9.17, 15) is 4.79 Å². The molecular weight excluding hydrogens is 338 g/mol. The zero-order valence-electron chi connectivity index (χ0n) is 16.0. The number of amides is 1. The van der Waals surface area contributed by atoms with Crippen molar-refractivity contribution < 1.29 is 9.22 Å². The predicted octanol–water partition coefficient (Wildman–Crippen LogP) is 3.23. The number of piperidine rings is 1. The molecule has 2 aromatic rings. The minimum Gasteiger partial charge on any atom is -0.405 e. The molecule has 1 fully saturated rings. The molecule has 1 unspecified atom stereocenters. The third kappa shape index (κ3) is 3.76. The molecule has 1 atom stereocenters. The topological polar surface area (TPSA) is 38.3 Å². The van der Waals surface area contributed by atoms with Crippen LogP contribution in [0, 0.1) is 0 Å². The number of hydrogen-bond donors (Lipinski definition) is 1. The van der Waals surface area contributed by atoms with Crippen molar-refractivity contribution in [3.05, 3.63) is 60.7 Å². The lowest BCUT2D eigenvalue weighted by molar-refractivity contribution is -0.123. The van der Waals surface area contributed by atoms with Crippen LogP contribution in [-0.4, -0.2) is 26.9 Å². The molecule has 3 rings (SSSR count). The second-order valence-corrected chi connectivity index (χ2v) is 12.4. The quantitative estimate of drug-likeness (QED) is 0.824. The van der Waals surface area contributed by atoms with Gasteiger partial charge in [-0.1, -0.05) is 81.4 Å². The first-order valence-electron chi connectivity index (χ1n) is 9.48. The Labute approximate surface area is 157 Å². The van der Waals surface area contributed by atoms with Crippen LogP contribution < -0.4 is 15.7 Å². The number of benzene rings is 2. The Kier molecular flexibility index (Phi) is 5.63. The van der Waals surface area contributed by atoms with Crippen molar-refractivity contribution in [3.63, 3.8) is 0 Å². The fraction of sp³-hybridized carbons (Fsp3) is 0.409. The molecule has 4 heteroatoms. The molecule has 0 aliphatic carbocycles. The van der Waals surface area contributed by atoms with Gasteiger partial charge in [-0.15, -0.1) is 0 Å². The van der Waals surface area contributed by atoms with Crippen molar-refractivity contribution >= 4 is 24.6 Å². The minimum atomic E-state index is -2.51. The molecule has 26 heavy (non-hydrogen) atoms. The van der Waals surface area contributed by atoms with E-state index >= 15 is 0 Å². The van der Waals surface area contributed by atoms with Crippen molar-refractivity contribution in [2.24, 2.45) is 0 Å². The van der Waals surface area contributed by atoms with Gasteiger partial charge < -0.3 is 9.74 Å². The largest absolute Gasteiger partial charge is 0.405 e. The molecule has 1 aliphatic rings. The van der Waals surface area contributed by atoms with Gasteiger partial charge in [0.25, 0.3) is 8.32 Å². The molecule has 0 bridgehead atoms. The average molecular weight is 368 g/mol. The molecule has 2 aromatic carbocycles. The van der Waals surface area contributed by atoms with Crippen LogP contribution in [0.1, 0.15) is 40.0 Å². The fourth-order valence-electron chi connectivity index (χ4n) is 3.99. The average Bonchev–Trinajstić information content (AvgIpc) is 2.63. The summed E-state index contributed by atoms with van der Waals surface area (Å²) in [6.07, 6.45) is 2.57. The Morgan fingerprint density at radius 3 is 2.00 bits per heavy atom. The molecule has 1 N–H and O–H groups in total. The second kappa shape index (κ2) is 7.76. The first-order chi connectivity index (χ1) is 12.4. The Morgan fingerprint density at radius 2 is 1.54 bits per heavy atom. The Hall–Kier alpha value is -1.91. The second-order valence-electron chi connectivity index (χ2n) is 8.13. The summed E-state index contributed by atoms with van der Waals surface area (Å²) in [5.74, 6) is 0.146. The van der Waals surface area contributed by atoms with Crippen LogP contribution in [0.15, 0.2) is 60.7 Å². The van der Waals surface area contributed by atoms with Gasteiger partial charge in [0.1, 0.15) is 0 Å². The number of nitrogens with one attached hydrogen (secondary N) is 1. The van der Waals surface area contributed by atoms with Crippen LogP contribution in [0.4, 0.5) is 0 Å². The van der Waals surface area contributed by atoms with Gasteiger partial charge in [-0.25, -0.2) is 0 Å². The lowest BCUT2D eigenvalue weighted by atomic mass is 10.1. The minimum absolute atomic E-state index is 0.0334. The van der Waals surface area contributed by atoms with Gasteiger partial charge in [-0.3, -0.25) is 4.79 Å². The third-order valence-electron chi connectivity index (χ3n) is 5.24. The summed E-state index contributed by atoms with van der Waals surface area (Å²) in [7, 11) is -2.51. The van der Waals surface area contributed by atoms with E-state index in [1.807, 2.05) is 0 Å². The SMILES string of the molecule is CC(C)(C)[Si](OCC1CCCC(=O)N1)(c1ccccc1)c1ccccc1. The highest BCUT2D eigenvalue weighted by Gasteiger charge is 2.50. The van der Waals surface area contributed by atoms with E-state index in [2.05, 4.69) is 86.8 Å².